The maximum Gasteiger partial charge on any atom is 0.227 e. The Balaban J connectivity index is 2.13. The molecule has 1 aromatic rings. The van der Waals surface area contributed by atoms with Crippen LogP contribution in [0.5, 0.6) is 0 Å². The van der Waals surface area contributed by atoms with Gasteiger partial charge in [0.1, 0.15) is 0 Å². The van der Waals surface area contributed by atoms with E-state index in [0.29, 0.717) is 6.42 Å². The molecule has 17 heavy (non-hydrogen) atoms. The second-order valence-electron chi connectivity index (χ2n) is 4.42. The first-order chi connectivity index (χ1) is 8.31. The fraction of sp³-hybridized carbons (Fsp3) is 0.500. The second kappa shape index (κ2) is 5.82. The molecule has 0 aliphatic carbocycles. The summed E-state index contributed by atoms with van der Waals surface area (Å²) < 4.78 is 0. The third-order valence-corrected chi connectivity index (χ3v) is 3.21. The largest absolute Gasteiger partial charge is 0.315 e. The number of aryl methyl sites for hydroxylation is 1. The zero-order valence-electron chi connectivity index (χ0n) is 10.4. The van der Waals surface area contributed by atoms with Crippen LogP contribution >= 0.6 is 0 Å². The summed E-state index contributed by atoms with van der Waals surface area (Å²) in [7, 11) is 0. The molecule has 0 bridgehead atoms. The van der Waals surface area contributed by atoms with Gasteiger partial charge < -0.3 is 10.2 Å². The molecule has 1 aliphatic heterocycles. The highest BCUT2D eigenvalue weighted by Crippen LogP contribution is 2.17. The van der Waals surface area contributed by atoms with Gasteiger partial charge in [0.2, 0.25) is 5.91 Å². The average Bonchev–Trinajstić information content (AvgIpc) is 2.35. The van der Waals surface area contributed by atoms with E-state index in [-0.39, 0.29) is 5.91 Å². The lowest BCUT2D eigenvalue weighted by atomic mass is 10.1. The highest BCUT2D eigenvalue weighted by atomic mass is 16.2. The Labute approximate surface area is 103 Å². The molecular formula is C14H20N2O. The lowest BCUT2D eigenvalue weighted by Crippen LogP contribution is -2.39. The summed E-state index contributed by atoms with van der Waals surface area (Å²) in [6, 6.07) is 8.32. The van der Waals surface area contributed by atoms with E-state index in [9.17, 15) is 4.79 Å². The van der Waals surface area contributed by atoms with Crippen LogP contribution in [0.25, 0.3) is 0 Å². The molecule has 0 spiro atoms. The molecule has 0 aromatic heterocycles. The number of hydrogen-bond acceptors (Lipinski definition) is 2. The van der Waals surface area contributed by atoms with Crippen LogP contribution in [0.15, 0.2) is 24.3 Å². The predicted molar refractivity (Wildman–Crippen MR) is 70.3 cm³/mol. The van der Waals surface area contributed by atoms with E-state index in [0.717, 1.165) is 38.2 Å². The fourth-order valence-electron chi connectivity index (χ4n) is 2.12. The highest BCUT2D eigenvalue weighted by Gasteiger charge is 2.16. The molecule has 0 saturated carbocycles. The van der Waals surface area contributed by atoms with Crippen molar-refractivity contribution in [1.82, 2.24) is 5.32 Å². The van der Waals surface area contributed by atoms with Gasteiger partial charge in [0, 0.05) is 25.2 Å². The number of hydrogen-bond donors (Lipinski definition) is 1. The van der Waals surface area contributed by atoms with Crippen molar-refractivity contribution in [2.75, 3.05) is 24.5 Å². The van der Waals surface area contributed by atoms with Crippen LogP contribution in [-0.2, 0) is 11.2 Å². The quantitative estimate of drug-likeness (QED) is 0.845. The van der Waals surface area contributed by atoms with Gasteiger partial charge in [-0.25, -0.2) is 0 Å². The second-order valence-corrected chi connectivity index (χ2v) is 4.42. The third-order valence-electron chi connectivity index (χ3n) is 3.21. The maximum atomic E-state index is 12.0. The van der Waals surface area contributed by atoms with Crippen molar-refractivity contribution in [2.45, 2.75) is 26.2 Å². The monoisotopic (exact) mass is 232 g/mol. The van der Waals surface area contributed by atoms with Crippen LogP contribution in [0.2, 0.25) is 0 Å². The van der Waals surface area contributed by atoms with Crippen LogP contribution < -0.4 is 10.2 Å². The number of carbonyl (C=O) groups excluding carboxylic acids is 1. The van der Waals surface area contributed by atoms with Crippen molar-refractivity contribution in [3.05, 3.63) is 29.8 Å². The Bertz CT molecular complexity index is 372. The number of nitrogens with zero attached hydrogens (tertiary/aromatic N) is 1. The predicted octanol–water partition coefficient (Wildman–Crippen LogP) is 1.97. The van der Waals surface area contributed by atoms with E-state index < -0.39 is 0 Å². The standard InChI is InChI=1S/C14H20N2O/c1-2-12-5-7-13(8-6-12)16-11-10-15-9-3-4-14(16)17/h5-8,15H,2-4,9-11H2,1H3. The Kier molecular flexibility index (Phi) is 4.15. The van der Waals surface area contributed by atoms with E-state index in [1.807, 2.05) is 4.90 Å². The Morgan fingerprint density at radius 3 is 2.71 bits per heavy atom. The van der Waals surface area contributed by atoms with Gasteiger partial charge in [-0.2, -0.15) is 0 Å². The van der Waals surface area contributed by atoms with Crippen molar-refractivity contribution in [2.24, 2.45) is 0 Å². The summed E-state index contributed by atoms with van der Waals surface area (Å²) in [6.07, 6.45) is 2.61. The summed E-state index contributed by atoms with van der Waals surface area (Å²) >= 11 is 0. The van der Waals surface area contributed by atoms with E-state index in [2.05, 4.69) is 36.5 Å². The van der Waals surface area contributed by atoms with Crippen molar-refractivity contribution < 1.29 is 4.79 Å². The van der Waals surface area contributed by atoms with Crippen LogP contribution in [0.3, 0.4) is 0 Å². The lowest BCUT2D eigenvalue weighted by Gasteiger charge is -2.25. The van der Waals surface area contributed by atoms with Crippen LogP contribution in [0, 0.1) is 0 Å². The minimum Gasteiger partial charge on any atom is -0.315 e. The minimum atomic E-state index is 0.246. The SMILES string of the molecule is CCc1ccc(N2CCNCCCC2=O)cc1. The minimum absolute atomic E-state index is 0.246. The molecule has 0 unspecified atom stereocenters. The van der Waals surface area contributed by atoms with E-state index in [4.69, 9.17) is 0 Å². The molecule has 1 amide bonds. The van der Waals surface area contributed by atoms with Crippen molar-refractivity contribution in [3.8, 4) is 0 Å². The zero-order valence-corrected chi connectivity index (χ0v) is 10.4. The summed E-state index contributed by atoms with van der Waals surface area (Å²) in [4.78, 5) is 13.9. The van der Waals surface area contributed by atoms with Crippen LogP contribution in [-0.4, -0.2) is 25.5 Å². The molecule has 0 atom stereocenters. The number of rotatable bonds is 2. The van der Waals surface area contributed by atoms with Gasteiger partial charge in [-0.3, -0.25) is 4.79 Å². The molecule has 1 aliphatic rings. The first-order valence-electron chi connectivity index (χ1n) is 6.41. The van der Waals surface area contributed by atoms with E-state index in [1.165, 1.54) is 5.56 Å². The summed E-state index contributed by atoms with van der Waals surface area (Å²) in [5.41, 5.74) is 2.34. The molecule has 1 aromatic carbocycles. The topological polar surface area (TPSA) is 32.3 Å². The van der Waals surface area contributed by atoms with E-state index in [1.54, 1.807) is 0 Å². The van der Waals surface area contributed by atoms with Gasteiger partial charge in [-0.15, -0.1) is 0 Å². The summed E-state index contributed by atoms with van der Waals surface area (Å²) in [5, 5.41) is 3.34. The van der Waals surface area contributed by atoms with Crippen LogP contribution in [0.4, 0.5) is 5.69 Å². The average molecular weight is 232 g/mol. The first-order valence-corrected chi connectivity index (χ1v) is 6.41. The highest BCUT2D eigenvalue weighted by molar-refractivity contribution is 5.93. The lowest BCUT2D eigenvalue weighted by molar-refractivity contribution is -0.118. The smallest absolute Gasteiger partial charge is 0.227 e. The molecule has 1 heterocycles. The summed E-state index contributed by atoms with van der Waals surface area (Å²) in [5.74, 6) is 0.246. The molecule has 3 nitrogen and oxygen atoms in total. The van der Waals surface area contributed by atoms with Gasteiger partial charge >= 0.3 is 0 Å². The van der Waals surface area contributed by atoms with Gasteiger partial charge in [0.05, 0.1) is 0 Å². The number of anilines is 1. The molecule has 3 heteroatoms. The maximum absolute atomic E-state index is 12.0. The van der Waals surface area contributed by atoms with Crippen LogP contribution in [0.1, 0.15) is 25.3 Å². The Hall–Kier alpha value is -1.35. The normalized spacial score (nSPS) is 17.7. The zero-order chi connectivity index (χ0) is 12.1. The number of amides is 1. The number of carbonyl (C=O) groups is 1. The van der Waals surface area contributed by atoms with Gasteiger partial charge in [-0.05, 0) is 37.1 Å². The van der Waals surface area contributed by atoms with E-state index >= 15 is 0 Å². The van der Waals surface area contributed by atoms with Crippen molar-refractivity contribution in [3.63, 3.8) is 0 Å². The number of nitrogens with one attached hydrogen (secondary N) is 1. The fourth-order valence-corrected chi connectivity index (χ4v) is 2.12. The van der Waals surface area contributed by atoms with Gasteiger partial charge in [-0.1, -0.05) is 19.1 Å². The molecule has 1 fully saturated rings. The molecule has 2 rings (SSSR count). The first kappa shape index (κ1) is 12.1. The molecular weight excluding hydrogens is 212 g/mol. The molecule has 92 valence electrons. The Morgan fingerprint density at radius 2 is 2.00 bits per heavy atom. The molecule has 0 radical (unpaired) electrons. The third kappa shape index (κ3) is 3.07. The van der Waals surface area contributed by atoms with Gasteiger partial charge in [0.25, 0.3) is 0 Å². The van der Waals surface area contributed by atoms with Crippen molar-refractivity contribution in [1.29, 1.82) is 0 Å². The van der Waals surface area contributed by atoms with Crippen molar-refractivity contribution >= 4 is 11.6 Å². The Morgan fingerprint density at radius 1 is 1.24 bits per heavy atom. The molecule has 1 N–H and O–H groups in total. The summed E-state index contributed by atoms with van der Waals surface area (Å²) in [6.45, 7) is 4.74. The number of benzene rings is 1. The molecule has 1 saturated heterocycles. The van der Waals surface area contributed by atoms with Gasteiger partial charge in [0.15, 0.2) is 0 Å².